The van der Waals surface area contributed by atoms with Gasteiger partial charge in [-0.15, -0.1) is 0 Å². The van der Waals surface area contributed by atoms with Gasteiger partial charge in [0.15, 0.2) is 9.84 Å². The number of para-hydroxylation sites is 1. The molecule has 186 valence electrons. The van der Waals surface area contributed by atoms with Crippen molar-refractivity contribution in [1.29, 1.82) is 0 Å². The Morgan fingerprint density at radius 2 is 2.00 bits per heavy atom. The molecule has 0 spiro atoms. The molecule has 0 bridgehead atoms. The SMILES string of the molecule is Cn1cnc2c(-c3ccc4cnc(CNC(=O)c5ccc6c(c5)S(=O)(=O)CCOC6)cc4n3)cccc21. The molecule has 0 fully saturated rings. The first-order chi connectivity index (χ1) is 17.9. The molecule has 1 N–H and O–H groups in total. The predicted molar refractivity (Wildman–Crippen MR) is 139 cm³/mol. The zero-order valence-electron chi connectivity index (χ0n) is 20.0. The fraction of sp³-hybridized carbons (Fsp3) is 0.185. The van der Waals surface area contributed by atoms with Crippen LogP contribution in [0.15, 0.2) is 72.0 Å². The highest BCUT2D eigenvalue weighted by Gasteiger charge is 2.23. The van der Waals surface area contributed by atoms with Crippen LogP contribution >= 0.6 is 0 Å². The minimum Gasteiger partial charge on any atom is -0.376 e. The second-order valence-electron chi connectivity index (χ2n) is 8.97. The van der Waals surface area contributed by atoms with Gasteiger partial charge in [-0.05, 0) is 42.0 Å². The van der Waals surface area contributed by atoms with E-state index in [1.54, 1.807) is 24.7 Å². The molecule has 2 aromatic carbocycles. The number of ether oxygens (including phenoxy) is 1. The number of pyridine rings is 2. The lowest BCUT2D eigenvalue weighted by molar-refractivity contribution is 0.0950. The Labute approximate surface area is 213 Å². The average molecular weight is 514 g/mol. The molecule has 1 amide bonds. The number of aryl methyl sites for hydroxylation is 1. The number of carbonyl (C=O) groups is 1. The summed E-state index contributed by atoms with van der Waals surface area (Å²) in [5.41, 5.74) is 5.87. The van der Waals surface area contributed by atoms with Crippen LogP contribution in [0.5, 0.6) is 0 Å². The third-order valence-electron chi connectivity index (χ3n) is 6.51. The van der Waals surface area contributed by atoms with E-state index in [2.05, 4.69) is 15.3 Å². The zero-order valence-corrected chi connectivity index (χ0v) is 20.8. The van der Waals surface area contributed by atoms with Crippen LogP contribution in [0.3, 0.4) is 0 Å². The summed E-state index contributed by atoms with van der Waals surface area (Å²) in [4.78, 5) is 26.8. The predicted octanol–water partition coefficient (Wildman–Crippen LogP) is 3.42. The quantitative estimate of drug-likeness (QED) is 0.391. The maximum atomic E-state index is 12.8. The number of hydrogen-bond acceptors (Lipinski definition) is 7. The van der Waals surface area contributed by atoms with Crippen LogP contribution in [0.25, 0.3) is 33.2 Å². The second-order valence-corrected chi connectivity index (χ2v) is 11.0. The second kappa shape index (κ2) is 9.06. The van der Waals surface area contributed by atoms with Gasteiger partial charge in [-0.1, -0.05) is 18.2 Å². The minimum atomic E-state index is -3.50. The Bertz CT molecular complexity index is 1800. The first kappa shape index (κ1) is 23.3. The van der Waals surface area contributed by atoms with E-state index in [-0.39, 0.29) is 41.9 Å². The van der Waals surface area contributed by atoms with E-state index >= 15 is 0 Å². The van der Waals surface area contributed by atoms with Crippen LogP contribution in [0.1, 0.15) is 21.6 Å². The van der Waals surface area contributed by atoms with Gasteiger partial charge in [-0.25, -0.2) is 18.4 Å². The summed E-state index contributed by atoms with van der Waals surface area (Å²) in [5, 5.41) is 3.71. The maximum Gasteiger partial charge on any atom is 0.251 e. The monoisotopic (exact) mass is 513 g/mol. The van der Waals surface area contributed by atoms with Gasteiger partial charge in [0.05, 0.1) is 64.7 Å². The van der Waals surface area contributed by atoms with Crippen LogP contribution in [-0.4, -0.2) is 46.2 Å². The van der Waals surface area contributed by atoms with Crippen molar-refractivity contribution < 1.29 is 17.9 Å². The number of aromatic nitrogens is 4. The number of imidazole rings is 1. The highest BCUT2D eigenvalue weighted by atomic mass is 32.2. The number of hydrogen-bond donors (Lipinski definition) is 1. The van der Waals surface area contributed by atoms with E-state index in [0.29, 0.717) is 11.3 Å². The highest BCUT2D eigenvalue weighted by molar-refractivity contribution is 7.91. The van der Waals surface area contributed by atoms with Crippen molar-refractivity contribution in [2.75, 3.05) is 12.4 Å². The van der Waals surface area contributed by atoms with Gasteiger partial charge in [0.1, 0.15) is 0 Å². The van der Waals surface area contributed by atoms with E-state index in [1.165, 1.54) is 6.07 Å². The number of fused-ring (bicyclic) bond motifs is 3. The van der Waals surface area contributed by atoms with Gasteiger partial charge in [-0.2, -0.15) is 0 Å². The smallest absolute Gasteiger partial charge is 0.251 e. The molecule has 0 atom stereocenters. The Morgan fingerprint density at radius 1 is 1.11 bits per heavy atom. The van der Waals surface area contributed by atoms with Crippen LogP contribution in [0.2, 0.25) is 0 Å². The molecule has 6 rings (SSSR count). The van der Waals surface area contributed by atoms with Crippen molar-refractivity contribution in [2.24, 2.45) is 7.05 Å². The van der Waals surface area contributed by atoms with E-state index in [0.717, 1.165) is 33.2 Å². The lowest BCUT2D eigenvalue weighted by Crippen LogP contribution is -2.23. The molecule has 1 aliphatic rings. The van der Waals surface area contributed by atoms with Crippen molar-refractivity contribution in [3.8, 4) is 11.3 Å². The number of rotatable bonds is 4. The van der Waals surface area contributed by atoms with E-state index in [9.17, 15) is 13.2 Å². The number of nitrogens with zero attached hydrogens (tertiary/aromatic N) is 4. The normalized spacial score (nSPS) is 14.8. The van der Waals surface area contributed by atoms with E-state index in [1.807, 2.05) is 48.0 Å². The van der Waals surface area contributed by atoms with Crippen molar-refractivity contribution in [3.05, 3.63) is 83.9 Å². The Hall–Kier alpha value is -4.15. The Morgan fingerprint density at radius 3 is 2.89 bits per heavy atom. The average Bonchev–Trinajstić information content (AvgIpc) is 3.22. The van der Waals surface area contributed by atoms with Gasteiger partial charge in [0, 0.05) is 29.8 Å². The zero-order chi connectivity index (χ0) is 25.6. The fourth-order valence-electron chi connectivity index (χ4n) is 4.51. The molecule has 0 saturated heterocycles. The fourth-order valence-corrected chi connectivity index (χ4v) is 5.90. The summed E-state index contributed by atoms with van der Waals surface area (Å²) in [6.45, 7) is 0.518. The lowest BCUT2D eigenvalue weighted by Gasteiger charge is -2.10. The summed E-state index contributed by atoms with van der Waals surface area (Å²) in [6, 6.07) is 16.4. The standard InChI is InChI=1S/C27H23N5O4S/c1-32-16-30-26-21(3-2-4-24(26)32)22-8-7-18-13-28-20(12-23(18)31-22)14-29-27(33)17-5-6-19-15-36-9-10-37(34,35)25(19)11-17/h2-8,11-13,16H,9-10,14-15H2,1H3,(H,29,33). The number of sulfone groups is 1. The van der Waals surface area contributed by atoms with Gasteiger partial charge >= 0.3 is 0 Å². The van der Waals surface area contributed by atoms with Crippen LogP contribution in [-0.2, 0) is 34.8 Å². The number of nitrogens with one attached hydrogen (secondary N) is 1. The lowest BCUT2D eigenvalue weighted by atomic mass is 10.1. The molecule has 0 saturated carbocycles. The van der Waals surface area contributed by atoms with Gasteiger partial charge in [0.2, 0.25) is 0 Å². The maximum absolute atomic E-state index is 12.8. The van der Waals surface area contributed by atoms with Crippen molar-refractivity contribution in [3.63, 3.8) is 0 Å². The summed E-state index contributed by atoms with van der Waals surface area (Å²) in [7, 11) is -1.54. The molecule has 5 aromatic rings. The molecule has 9 nitrogen and oxygen atoms in total. The molecular weight excluding hydrogens is 490 g/mol. The molecular formula is C27H23N5O4S. The van der Waals surface area contributed by atoms with Gasteiger partial charge in [-0.3, -0.25) is 9.78 Å². The third kappa shape index (κ3) is 4.34. The summed E-state index contributed by atoms with van der Waals surface area (Å²) in [6.07, 6.45) is 3.51. The van der Waals surface area contributed by atoms with Crippen molar-refractivity contribution in [2.45, 2.75) is 18.0 Å². The minimum absolute atomic E-state index is 0.101. The molecule has 0 aliphatic carbocycles. The first-order valence-electron chi connectivity index (χ1n) is 11.8. The third-order valence-corrected chi connectivity index (χ3v) is 8.26. The molecule has 0 unspecified atom stereocenters. The van der Waals surface area contributed by atoms with Crippen molar-refractivity contribution in [1.82, 2.24) is 24.8 Å². The molecule has 3 aromatic heterocycles. The van der Waals surface area contributed by atoms with Gasteiger partial charge in [0.25, 0.3) is 5.91 Å². The van der Waals surface area contributed by atoms with Gasteiger partial charge < -0.3 is 14.6 Å². The molecule has 4 heterocycles. The van der Waals surface area contributed by atoms with Crippen LogP contribution in [0.4, 0.5) is 0 Å². The first-order valence-corrected chi connectivity index (χ1v) is 13.4. The van der Waals surface area contributed by atoms with E-state index in [4.69, 9.17) is 9.72 Å². The summed E-state index contributed by atoms with van der Waals surface area (Å²) in [5.74, 6) is -0.482. The van der Waals surface area contributed by atoms with Crippen molar-refractivity contribution >= 4 is 37.7 Å². The Kier molecular flexibility index (Phi) is 5.69. The molecule has 10 heteroatoms. The topological polar surface area (TPSA) is 116 Å². The largest absolute Gasteiger partial charge is 0.376 e. The summed E-state index contributed by atoms with van der Waals surface area (Å²) >= 11 is 0. The van der Waals surface area contributed by atoms with Crippen LogP contribution in [0, 0.1) is 0 Å². The Balaban J connectivity index is 1.25. The number of amides is 1. The molecule has 37 heavy (non-hydrogen) atoms. The number of benzene rings is 2. The van der Waals surface area contributed by atoms with Crippen LogP contribution < -0.4 is 5.32 Å². The van der Waals surface area contributed by atoms with E-state index < -0.39 is 9.84 Å². The summed E-state index contributed by atoms with van der Waals surface area (Å²) < 4.78 is 32.4. The molecule has 0 radical (unpaired) electrons. The number of carbonyl (C=O) groups excluding carboxylic acids is 1. The molecule has 1 aliphatic heterocycles. The highest BCUT2D eigenvalue weighted by Crippen LogP contribution is 2.28.